The molecule has 2 N–H and O–H groups in total. The number of nitrogens with zero attached hydrogens (tertiary/aromatic N) is 1. The number of amides is 1. The largest absolute Gasteiger partial charge is 0.480 e. The highest BCUT2D eigenvalue weighted by atomic mass is 32.2. The molecule has 1 atom stereocenters. The van der Waals surface area contributed by atoms with Crippen molar-refractivity contribution >= 4 is 21.9 Å². The Morgan fingerprint density at radius 2 is 1.92 bits per heavy atom. The van der Waals surface area contributed by atoms with Crippen molar-refractivity contribution in [3.05, 3.63) is 29.8 Å². The summed E-state index contributed by atoms with van der Waals surface area (Å²) < 4.78 is 26.4. The third-order valence-corrected chi connectivity index (χ3v) is 6.35. The van der Waals surface area contributed by atoms with Gasteiger partial charge in [-0.2, -0.15) is 4.31 Å². The third kappa shape index (κ3) is 4.79. The molecular formula is C17H24N2O5S. The number of carboxylic acids is 1. The summed E-state index contributed by atoms with van der Waals surface area (Å²) in [6.07, 6.45) is 2.37. The minimum absolute atomic E-state index is 0.0258. The quantitative estimate of drug-likeness (QED) is 0.690. The fourth-order valence-corrected chi connectivity index (χ4v) is 4.16. The molecule has 25 heavy (non-hydrogen) atoms. The SMILES string of the molecule is CCN(CC)S(=O)(=O)c1cccc(C(=O)NC(CC2CC2)C(=O)O)c1. The lowest BCUT2D eigenvalue weighted by Gasteiger charge is -2.19. The van der Waals surface area contributed by atoms with E-state index in [0.29, 0.717) is 25.4 Å². The second-order valence-electron chi connectivity index (χ2n) is 6.16. The van der Waals surface area contributed by atoms with E-state index in [0.717, 1.165) is 12.8 Å². The maximum absolute atomic E-state index is 12.6. The van der Waals surface area contributed by atoms with Gasteiger partial charge >= 0.3 is 5.97 Å². The van der Waals surface area contributed by atoms with Crippen molar-refractivity contribution < 1.29 is 23.1 Å². The van der Waals surface area contributed by atoms with Crippen molar-refractivity contribution in [2.45, 2.75) is 44.0 Å². The summed E-state index contributed by atoms with van der Waals surface area (Å²) in [5.41, 5.74) is 0.135. The van der Waals surface area contributed by atoms with Gasteiger partial charge in [0.15, 0.2) is 0 Å². The van der Waals surface area contributed by atoms with Crippen LogP contribution in [-0.2, 0) is 14.8 Å². The number of aliphatic carboxylic acids is 1. The van der Waals surface area contributed by atoms with Crippen LogP contribution in [0.2, 0.25) is 0 Å². The molecule has 1 aromatic rings. The van der Waals surface area contributed by atoms with Gasteiger partial charge in [-0.05, 0) is 30.5 Å². The fourth-order valence-electron chi connectivity index (χ4n) is 2.66. The van der Waals surface area contributed by atoms with E-state index in [-0.39, 0.29) is 10.5 Å². The van der Waals surface area contributed by atoms with Gasteiger partial charge in [0, 0.05) is 18.7 Å². The Kier molecular flexibility index (Phi) is 6.18. The Labute approximate surface area is 148 Å². The standard InChI is InChI=1S/C17H24N2O5S/c1-3-19(4-2)25(23,24)14-7-5-6-13(11-14)16(20)18-15(17(21)22)10-12-8-9-12/h5-7,11-12,15H,3-4,8-10H2,1-2H3,(H,18,20)(H,21,22). The predicted molar refractivity (Wildman–Crippen MR) is 92.8 cm³/mol. The van der Waals surface area contributed by atoms with Crippen LogP contribution in [0.1, 0.15) is 43.5 Å². The zero-order valence-electron chi connectivity index (χ0n) is 14.4. The zero-order chi connectivity index (χ0) is 18.6. The molecule has 0 bridgehead atoms. The topological polar surface area (TPSA) is 104 Å². The summed E-state index contributed by atoms with van der Waals surface area (Å²) in [6, 6.07) is 4.74. The second kappa shape index (κ2) is 7.97. The first kappa shape index (κ1) is 19.4. The Bertz CT molecular complexity index is 739. The molecule has 1 aromatic carbocycles. The van der Waals surface area contributed by atoms with Crippen LogP contribution in [0.5, 0.6) is 0 Å². The van der Waals surface area contributed by atoms with E-state index >= 15 is 0 Å². The first-order valence-corrected chi connectivity index (χ1v) is 9.87. The lowest BCUT2D eigenvalue weighted by Crippen LogP contribution is -2.41. The number of carbonyl (C=O) groups excluding carboxylic acids is 1. The Morgan fingerprint density at radius 1 is 1.28 bits per heavy atom. The highest BCUT2D eigenvalue weighted by molar-refractivity contribution is 7.89. The maximum Gasteiger partial charge on any atom is 0.326 e. The van der Waals surface area contributed by atoms with Crippen molar-refractivity contribution in [1.29, 1.82) is 0 Å². The second-order valence-corrected chi connectivity index (χ2v) is 8.10. The molecule has 0 aromatic heterocycles. The zero-order valence-corrected chi connectivity index (χ0v) is 15.3. The van der Waals surface area contributed by atoms with Crippen molar-refractivity contribution in [1.82, 2.24) is 9.62 Å². The number of rotatable bonds is 9. The molecule has 7 nitrogen and oxygen atoms in total. The van der Waals surface area contributed by atoms with E-state index in [9.17, 15) is 23.1 Å². The number of sulfonamides is 1. The van der Waals surface area contributed by atoms with Gasteiger partial charge < -0.3 is 10.4 Å². The molecule has 138 valence electrons. The number of carboxylic acid groups (broad SMARTS) is 1. The van der Waals surface area contributed by atoms with E-state index in [1.807, 2.05) is 0 Å². The molecule has 1 aliphatic carbocycles. The number of benzene rings is 1. The summed E-state index contributed by atoms with van der Waals surface area (Å²) in [5.74, 6) is -1.31. The summed E-state index contributed by atoms with van der Waals surface area (Å²) in [4.78, 5) is 23.7. The van der Waals surface area contributed by atoms with Gasteiger partial charge in [0.2, 0.25) is 10.0 Å². The van der Waals surface area contributed by atoms with E-state index in [1.54, 1.807) is 13.8 Å². The number of hydrogen-bond acceptors (Lipinski definition) is 4. The molecule has 0 spiro atoms. The molecule has 0 saturated heterocycles. The number of carbonyl (C=O) groups is 2. The van der Waals surface area contributed by atoms with Gasteiger partial charge in [0.25, 0.3) is 5.91 Å². The minimum atomic E-state index is -3.67. The highest BCUT2D eigenvalue weighted by Gasteiger charge is 2.30. The molecule has 0 radical (unpaired) electrons. The van der Waals surface area contributed by atoms with Crippen LogP contribution in [0, 0.1) is 5.92 Å². The first-order chi connectivity index (χ1) is 11.8. The molecule has 0 aliphatic heterocycles. The van der Waals surface area contributed by atoms with Gasteiger partial charge in [0.1, 0.15) is 6.04 Å². The molecule has 2 rings (SSSR count). The summed E-state index contributed by atoms with van der Waals surface area (Å²) in [6.45, 7) is 4.15. The molecular weight excluding hydrogens is 344 g/mol. The van der Waals surface area contributed by atoms with Gasteiger partial charge in [-0.1, -0.05) is 32.8 Å². The number of hydrogen-bond donors (Lipinski definition) is 2. The Morgan fingerprint density at radius 3 is 2.44 bits per heavy atom. The van der Waals surface area contributed by atoms with Gasteiger partial charge in [-0.15, -0.1) is 0 Å². The van der Waals surface area contributed by atoms with E-state index in [1.165, 1.54) is 28.6 Å². The van der Waals surface area contributed by atoms with Crippen LogP contribution in [0.3, 0.4) is 0 Å². The van der Waals surface area contributed by atoms with Gasteiger partial charge in [0.05, 0.1) is 4.90 Å². The lowest BCUT2D eigenvalue weighted by molar-refractivity contribution is -0.139. The van der Waals surface area contributed by atoms with E-state index in [4.69, 9.17) is 0 Å². The molecule has 1 amide bonds. The van der Waals surface area contributed by atoms with Crippen LogP contribution in [0.15, 0.2) is 29.2 Å². The minimum Gasteiger partial charge on any atom is -0.480 e. The molecule has 1 saturated carbocycles. The van der Waals surface area contributed by atoms with Crippen molar-refractivity contribution in [2.75, 3.05) is 13.1 Å². The summed E-state index contributed by atoms with van der Waals surface area (Å²) in [7, 11) is -3.67. The normalized spacial score (nSPS) is 15.8. The molecule has 1 fully saturated rings. The van der Waals surface area contributed by atoms with Gasteiger partial charge in [-0.3, -0.25) is 4.79 Å². The average molecular weight is 368 g/mol. The highest BCUT2D eigenvalue weighted by Crippen LogP contribution is 2.33. The maximum atomic E-state index is 12.6. The summed E-state index contributed by atoms with van der Waals surface area (Å²) >= 11 is 0. The lowest BCUT2D eigenvalue weighted by atomic mass is 10.1. The number of nitrogens with one attached hydrogen (secondary N) is 1. The Hall–Kier alpha value is -1.93. The van der Waals surface area contributed by atoms with E-state index < -0.39 is 27.9 Å². The fraction of sp³-hybridized carbons (Fsp3) is 0.529. The van der Waals surface area contributed by atoms with Crippen LogP contribution in [-0.4, -0.2) is 48.8 Å². The monoisotopic (exact) mass is 368 g/mol. The average Bonchev–Trinajstić information content (AvgIpc) is 3.39. The van der Waals surface area contributed by atoms with Crippen LogP contribution in [0.25, 0.3) is 0 Å². The van der Waals surface area contributed by atoms with Crippen molar-refractivity contribution in [2.24, 2.45) is 5.92 Å². The molecule has 8 heteroatoms. The van der Waals surface area contributed by atoms with Crippen molar-refractivity contribution in [3.8, 4) is 0 Å². The smallest absolute Gasteiger partial charge is 0.326 e. The van der Waals surface area contributed by atoms with Crippen LogP contribution in [0.4, 0.5) is 0 Å². The third-order valence-electron chi connectivity index (χ3n) is 4.31. The molecule has 0 heterocycles. The first-order valence-electron chi connectivity index (χ1n) is 8.43. The summed E-state index contributed by atoms with van der Waals surface area (Å²) in [5, 5.41) is 11.7. The van der Waals surface area contributed by atoms with E-state index in [2.05, 4.69) is 5.32 Å². The van der Waals surface area contributed by atoms with Gasteiger partial charge in [-0.25, -0.2) is 13.2 Å². The predicted octanol–water partition coefficient (Wildman–Crippen LogP) is 1.70. The van der Waals surface area contributed by atoms with Crippen LogP contribution >= 0.6 is 0 Å². The van der Waals surface area contributed by atoms with Crippen LogP contribution < -0.4 is 5.32 Å². The Balaban J connectivity index is 2.19. The molecule has 1 aliphatic rings. The molecule has 1 unspecified atom stereocenters. The van der Waals surface area contributed by atoms with Crippen molar-refractivity contribution in [3.63, 3.8) is 0 Å².